The molecule has 2 aromatic rings. The van der Waals surface area contributed by atoms with Crippen LogP contribution in [0.3, 0.4) is 0 Å². The number of non-ortho nitro benzene ring substituents is 1. The molecule has 0 heterocycles. The number of methoxy groups -OCH3 is 2. The molecule has 0 fully saturated rings. The van der Waals surface area contributed by atoms with E-state index in [4.69, 9.17) is 9.47 Å². The van der Waals surface area contributed by atoms with Gasteiger partial charge in [0.25, 0.3) is 5.69 Å². The van der Waals surface area contributed by atoms with Crippen LogP contribution < -0.4 is 9.47 Å². The topological polar surface area (TPSA) is 98.9 Å². The smallest absolute Gasteiger partial charge is 0.311 e. The van der Waals surface area contributed by atoms with E-state index < -0.39 is 16.8 Å². The normalized spacial score (nSPS) is 11.6. The lowest BCUT2D eigenvalue weighted by molar-refractivity contribution is -0.384. The van der Waals surface area contributed by atoms with Crippen LogP contribution in [-0.4, -0.2) is 30.2 Å². The maximum Gasteiger partial charge on any atom is 0.311 e. The Morgan fingerprint density at radius 2 is 1.96 bits per heavy atom. The predicted molar refractivity (Wildman–Crippen MR) is 86.7 cm³/mol. The van der Waals surface area contributed by atoms with Crippen molar-refractivity contribution in [2.45, 2.75) is 12.3 Å². The zero-order valence-corrected chi connectivity index (χ0v) is 13.3. The third-order valence-corrected chi connectivity index (χ3v) is 3.67. The molecule has 1 N–H and O–H groups in total. The monoisotopic (exact) mass is 331 g/mol. The van der Waals surface area contributed by atoms with Crippen LogP contribution in [0.25, 0.3) is 0 Å². The van der Waals surface area contributed by atoms with Crippen molar-refractivity contribution in [2.24, 2.45) is 0 Å². The molecule has 7 nitrogen and oxygen atoms in total. The van der Waals surface area contributed by atoms with Crippen LogP contribution in [0, 0.1) is 10.1 Å². The Labute approximate surface area is 138 Å². The maximum atomic E-state index is 11.8. The molecule has 0 amide bonds. The minimum absolute atomic E-state index is 0.0748. The van der Waals surface area contributed by atoms with E-state index in [2.05, 4.69) is 0 Å². The Kier molecular flexibility index (Phi) is 5.36. The molecule has 2 rings (SSSR count). The molecular formula is C17H17NO6. The summed E-state index contributed by atoms with van der Waals surface area (Å²) < 4.78 is 10.4. The maximum absolute atomic E-state index is 11.8. The van der Waals surface area contributed by atoms with Crippen molar-refractivity contribution >= 4 is 11.7 Å². The lowest BCUT2D eigenvalue weighted by Gasteiger charge is -2.17. The van der Waals surface area contributed by atoms with E-state index >= 15 is 0 Å². The molecule has 0 spiro atoms. The summed E-state index contributed by atoms with van der Waals surface area (Å²) in [7, 11) is 2.94. The number of nitro groups is 1. The molecule has 7 heteroatoms. The summed E-state index contributed by atoms with van der Waals surface area (Å²) in [4.78, 5) is 22.1. The van der Waals surface area contributed by atoms with E-state index in [1.165, 1.54) is 32.4 Å². The van der Waals surface area contributed by atoms with Crippen LogP contribution >= 0.6 is 0 Å². The molecule has 0 saturated heterocycles. The first-order chi connectivity index (χ1) is 11.5. The van der Waals surface area contributed by atoms with Gasteiger partial charge in [-0.25, -0.2) is 0 Å². The number of carbonyl (C=O) groups is 1. The number of hydrogen-bond donors (Lipinski definition) is 1. The third kappa shape index (κ3) is 3.81. The Morgan fingerprint density at radius 3 is 2.54 bits per heavy atom. The molecule has 0 saturated carbocycles. The first-order valence-electron chi connectivity index (χ1n) is 7.14. The first kappa shape index (κ1) is 17.3. The molecule has 1 atom stereocenters. The number of hydrogen-bond acceptors (Lipinski definition) is 5. The van der Waals surface area contributed by atoms with Crippen LogP contribution in [0.2, 0.25) is 0 Å². The number of ether oxygens (including phenoxy) is 2. The molecule has 0 aliphatic heterocycles. The van der Waals surface area contributed by atoms with E-state index in [-0.39, 0.29) is 12.1 Å². The molecule has 0 aliphatic carbocycles. The van der Waals surface area contributed by atoms with Gasteiger partial charge in [-0.05, 0) is 30.2 Å². The van der Waals surface area contributed by atoms with Crippen LogP contribution in [0.4, 0.5) is 5.69 Å². The van der Waals surface area contributed by atoms with Crippen molar-refractivity contribution < 1.29 is 24.3 Å². The van der Waals surface area contributed by atoms with Gasteiger partial charge in [0.2, 0.25) is 0 Å². The van der Waals surface area contributed by atoms with E-state index in [0.717, 1.165) is 0 Å². The van der Waals surface area contributed by atoms with E-state index in [1.807, 2.05) is 0 Å². The molecule has 0 bridgehead atoms. The van der Waals surface area contributed by atoms with Gasteiger partial charge in [0.15, 0.2) is 0 Å². The van der Waals surface area contributed by atoms with Gasteiger partial charge < -0.3 is 14.6 Å². The molecule has 1 unspecified atom stereocenters. The van der Waals surface area contributed by atoms with Crippen LogP contribution in [0.1, 0.15) is 17.0 Å². The summed E-state index contributed by atoms with van der Waals surface area (Å²) in [5.74, 6) is -1.03. The Bertz CT molecular complexity index is 758. The molecule has 0 radical (unpaired) electrons. The fourth-order valence-electron chi connectivity index (χ4n) is 2.47. The van der Waals surface area contributed by atoms with Crippen LogP contribution in [0.15, 0.2) is 42.5 Å². The number of carboxylic acids is 1. The highest BCUT2D eigenvalue weighted by Gasteiger charge is 2.25. The van der Waals surface area contributed by atoms with Gasteiger partial charge in [0, 0.05) is 17.7 Å². The number of nitro benzene ring substituents is 1. The van der Waals surface area contributed by atoms with Gasteiger partial charge in [0.1, 0.15) is 11.5 Å². The third-order valence-electron chi connectivity index (χ3n) is 3.67. The van der Waals surface area contributed by atoms with Crippen molar-refractivity contribution in [2.75, 3.05) is 14.2 Å². The number of aliphatic carboxylic acids is 1. The summed E-state index contributed by atoms with van der Waals surface area (Å²) in [6.45, 7) is 0. The van der Waals surface area contributed by atoms with E-state index in [9.17, 15) is 20.0 Å². The predicted octanol–water partition coefficient (Wildman–Crippen LogP) is 3.02. The van der Waals surface area contributed by atoms with Crippen molar-refractivity contribution in [3.8, 4) is 11.5 Å². The molecule has 126 valence electrons. The van der Waals surface area contributed by atoms with Crippen LogP contribution in [-0.2, 0) is 11.2 Å². The van der Waals surface area contributed by atoms with E-state index in [0.29, 0.717) is 22.6 Å². The summed E-state index contributed by atoms with van der Waals surface area (Å²) in [5, 5.41) is 20.5. The van der Waals surface area contributed by atoms with Gasteiger partial charge >= 0.3 is 5.97 Å². The highest BCUT2D eigenvalue weighted by atomic mass is 16.6. The minimum atomic E-state index is -1.05. The van der Waals surface area contributed by atoms with Crippen molar-refractivity contribution in [3.05, 3.63) is 63.7 Å². The Balaban J connectivity index is 2.42. The van der Waals surface area contributed by atoms with Crippen molar-refractivity contribution in [3.63, 3.8) is 0 Å². The molecule has 0 aromatic heterocycles. The Hall–Kier alpha value is -3.09. The average molecular weight is 331 g/mol. The average Bonchev–Trinajstić information content (AvgIpc) is 2.59. The summed E-state index contributed by atoms with van der Waals surface area (Å²) in [6, 6.07) is 10.9. The van der Waals surface area contributed by atoms with Crippen molar-refractivity contribution in [1.29, 1.82) is 0 Å². The summed E-state index contributed by atoms with van der Waals surface area (Å²) >= 11 is 0. The standard InChI is InChI=1S/C17H17NO6/c1-23-13-6-7-16(24-2)14(10-13)15(17(19)20)9-11-4-3-5-12(8-11)18(21)22/h3-8,10,15H,9H2,1-2H3,(H,19,20). The van der Waals surface area contributed by atoms with Crippen LogP contribution in [0.5, 0.6) is 11.5 Å². The number of carboxylic acid groups (broad SMARTS) is 1. The minimum Gasteiger partial charge on any atom is -0.497 e. The van der Waals surface area contributed by atoms with Gasteiger partial charge in [-0.1, -0.05) is 12.1 Å². The fraction of sp³-hybridized carbons (Fsp3) is 0.235. The zero-order valence-electron chi connectivity index (χ0n) is 13.3. The SMILES string of the molecule is COc1ccc(OC)c(C(Cc2cccc([N+](=O)[O-])c2)C(=O)O)c1. The molecule has 0 aliphatic rings. The Morgan fingerprint density at radius 1 is 1.21 bits per heavy atom. The van der Waals surface area contributed by atoms with Crippen molar-refractivity contribution in [1.82, 2.24) is 0 Å². The second kappa shape index (κ2) is 7.45. The first-order valence-corrected chi connectivity index (χ1v) is 7.14. The number of benzene rings is 2. The highest BCUT2D eigenvalue weighted by Crippen LogP contribution is 2.33. The summed E-state index contributed by atoms with van der Waals surface area (Å²) in [6.07, 6.45) is 0.0978. The highest BCUT2D eigenvalue weighted by molar-refractivity contribution is 5.78. The number of nitrogens with zero attached hydrogens (tertiary/aromatic N) is 1. The fourth-order valence-corrected chi connectivity index (χ4v) is 2.47. The number of rotatable bonds is 7. The lowest BCUT2D eigenvalue weighted by atomic mass is 9.91. The largest absolute Gasteiger partial charge is 0.497 e. The lowest BCUT2D eigenvalue weighted by Crippen LogP contribution is -2.15. The molecular weight excluding hydrogens is 314 g/mol. The van der Waals surface area contributed by atoms with Gasteiger partial charge in [-0.2, -0.15) is 0 Å². The quantitative estimate of drug-likeness (QED) is 0.618. The van der Waals surface area contributed by atoms with Gasteiger partial charge in [-0.3, -0.25) is 14.9 Å². The zero-order chi connectivity index (χ0) is 17.7. The van der Waals surface area contributed by atoms with E-state index in [1.54, 1.807) is 24.3 Å². The van der Waals surface area contributed by atoms with Gasteiger partial charge in [-0.15, -0.1) is 0 Å². The second-order valence-corrected chi connectivity index (χ2v) is 5.13. The molecule has 24 heavy (non-hydrogen) atoms. The van der Waals surface area contributed by atoms with Gasteiger partial charge in [0.05, 0.1) is 25.1 Å². The summed E-state index contributed by atoms with van der Waals surface area (Å²) in [5.41, 5.74) is 0.937. The second-order valence-electron chi connectivity index (χ2n) is 5.13. The molecule has 2 aromatic carbocycles.